The number of hydrogen-bond acceptors (Lipinski definition) is 3. The summed E-state index contributed by atoms with van der Waals surface area (Å²) in [7, 11) is 0. The molecule has 4 heteroatoms. The molecule has 1 aromatic heterocycles. The minimum atomic E-state index is -0.289. The second kappa shape index (κ2) is 7.79. The van der Waals surface area contributed by atoms with Gasteiger partial charge in [0.1, 0.15) is 0 Å². The molecule has 2 aromatic carbocycles. The van der Waals surface area contributed by atoms with Crippen molar-refractivity contribution in [3.63, 3.8) is 0 Å². The zero-order valence-electron chi connectivity index (χ0n) is 14.5. The van der Waals surface area contributed by atoms with Gasteiger partial charge in [-0.05, 0) is 37.6 Å². The number of aliphatic hydroxyl groups is 1. The molecule has 0 aliphatic carbocycles. The summed E-state index contributed by atoms with van der Waals surface area (Å²) in [5, 5.41) is 18.6. The van der Waals surface area contributed by atoms with Crippen molar-refractivity contribution < 1.29 is 5.11 Å². The molecule has 3 aromatic rings. The summed E-state index contributed by atoms with van der Waals surface area (Å²) in [6.45, 7) is 8.23. The normalized spacial score (nSPS) is 13.0. The Morgan fingerprint density at radius 1 is 1.00 bits per heavy atom. The van der Waals surface area contributed by atoms with E-state index < -0.39 is 0 Å². The van der Waals surface area contributed by atoms with E-state index in [1.807, 2.05) is 0 Å². The molecule has 0 amide bonds. The predicted octanol–water partition coefficient (Wildman–Crippen LogP) is 2.87. The molecule has 0 radical (unpaired) electrons. The van der Waals surface area contributed by atoms with Crippen molar-refractivity contribution in [3.8, 4) is 0 Å². The van der Waals surface area contributed by atoms with E-state index in [1.165, 1.54) is 27.4 Å². The lowest BCUT2D eigenvalue weighted by atomic mass is 10.1. The molecule has 0 aliphatic heterocycles. The quantitative estimate of drug-likeness (QED) is 0.558. The first-order valence-corrected chi connectivity index (χ1v) is 8.80. The molecule has 0 bridgehead atoms. The van der Waals surface area contributed by atoms with E-state index in [0.29, 0.717) is 6.54 Å². The van der Waals surface area contributed by atoms with Crippen molar-refractivity contribution in [2.45, 2.75) is 33.0 Å². The maximum absolute atomic E-state index is 9.21. The average Bonchev–Trinajstić information content (AvgIpc) is 2.91. The highest BCUT2D eigenvalue weighted by Gasteiger charge is 2.09. The van der Waals surface area contributed by atoms with Crippen molar-refractivity contribution in [2.75, 3.05) is 19.6 Å². The molecule has 0 spiro atoms. The molecule has 0 aliphatic rings. The number of nitrogens with zero attached hydrogens (tertiary/aromatic N) is 1. The predicted molar refractivity (Wildman–Crippen MR) is 101 cm³/mol. The highest BCUT2D eigenvalue weighted by atomic mass is 16.3. The van der Waals surface area contributed by atoms with Crippen molar-refractivity contribution in [3.05, 3.63) is 48.0 Å². The number of aliphatic hydroxyl groups excluding tert-OH is 1. The maximum Gasteiger partial charge on any atom is 0.0636 e. The number of aromatic nitrogens is 1. The van der Waals surface area contributed by atoms with E-state index in [1.54, 1.807) is 6.92 Å². The van der Waals surface area contributed by atoms with E-state index in [9.17, 15) is 5.11 Å². The third kappa shape index (κ3) is 3.61. The van der Waals surface area contributed by atoms with Crippen LogP contribution in [0, 0.1) is 0 Å². The third-order valence-corrected chi connectivity index (χ3v) is 4.40. The van der Waals surface area contributed by atoms with E-state index in [-0.39, 0.29) is 6.10 Å². The topological polar surface area (TPSA) is 49.2 Å². The summed E-state index contributed by atoms with van der Waals surface area (Å²) in [5.74, 6) is 0. The summed E-state index contributed by atoms with van der Waals surface area (Å²) in [6, 6.07) is 15.4. The fourth-order valence-electron chi connectivity index (χ4n) is 3.27. The molecule has 1 heterocycles. The van der Waals surface area contributed by atoms with Crippen LogP contribution in [0.3, 0.4) is 0 Å². The third-order valence-electron chi connectivity index (χ3n) is 4.40. The second-order valence-corrected chi connectivity index (χ2v) is 6.34. The number of benzene rings is 2. The van der Waals surface area contributed by atoms with Gasteiger partial charge in [0.15, 0.2) is 0 Å². The van der Waals surface area contributed by atoms with Crippen LogP contribution >= 0.6 is 0 Å². The first-order chi connectivity index (χ1) is 11.7. The largest absolute Gasteiger partial charge is 0.392 e. The zero-order valence-corrected chi connectivity index (χ0v) is 14.5. The van der Waals surface area contributed by atoms with Crippen molar-refractivity contribution in [1.29, 1.82) is 0 Å². The van der Waals surface area contributed by atoms with E-state index >= 15 is 0 Å². The first-order valence-electron chi connectivity index (χ1n) is 8.80. The van der Waals surface area contributed by atoms with Gasteiger partial charge in [-0.3, -0.25) is 0 Å². The molecule has 24 heavy (non-hydrogen) atoms. The minimum Gasteiger partial charge on any atom is -0.392 e. The Kier molecular flexibility index (Phi) is 5.51. The van der Waals surface area contributed by atoms with Gasteiger partial charge in [0.2, 0.25) is 0 Å². The fraction of sp³-hybridized carbons (Fsp3) is 0.400. The van der Waals surface area contributed by atoms with Crippen LogP contribution in [-0.2, 0) is 13.1 Å². The zero-order chi connectivity index (χ0) is 16.9. The molecule has 3 rings (SSSR count). The SMILES string of the molecule is CCn1c2ccccc2c2cc(CNCCNC[C@H](C)O)ccc21. The van der Waals surface area contributed by atoms with Crippen LogP contribution in [0.2, 0.25) is 0 Å². The van der Waals surface area contributed by atoms with Crippen molar-refractivity contribution in [1.82, 2.24) is 15.2 Å². The van der Waals surface area contributed by atoms with Crippen LogP contribution in [0.4, 0.5) is 0 Å². The molecule has 0 saturated heterocycles. The Hall–Kier alpha value is -1.88. The molecule has 3 N–H and O–H groups in total. The first kappa shape index (κ1) is 17.0. The lowest BCUT2D eigenvalue weighted by molar-refractivity contribution is 0.191. The molecule has 4 nitrogen and oxygen atoms in total. The summed E-state index contributed by atoms with van der Waals surface area (Å²) >= 11 is 0. The minimum absolute atomic E-state index is 0.289. The Morgan fingerprint density at radius 3 is 2.54 bits per heavy atom. The van der Waals surface area contributed by atoms with Gasteiger partial charge in [0, 0.05) is 54.5 Å². The summed E-state index contributed by atoms with van der Waals surface area (Å²) in [4.78, 5) is 0. The Bertz CT molecular complexity index is 807. The standard InChI is InChI=1S/C20H27N3O/c1-3-23-19-7-5-4-6-17(19)18-12-16(8-9-20(18)23)14-22-11-10-21-13-15(2)24/h4-9,12,15,21-22,24H,3,10-11,13-14H2,1-2H3/t15-/m0/s1. The van der Waals surface area contributed by atoms with Gasteiger partial charge in [0.25, 0.3) is 0 Å². The summed E-state index contributed by atoms with van der Waals surface area (Å²) in [5.41, 5.74) is 3.92. The molecule has 0 saturated carbocycles. The highest BCUT2D eigenvalue weighted by molar-refractivity contribution is 6.08. The molecule has 0 unspecified atom stereocenters. The van der Waals surface area contributed by atoms with Gasteiger partial charge in [-0.15, -0.1) is 0 Å². The summed E-state index contributed by atoms with van der Waals surface area (Å²) < 4.78 is 2.38. The van der Waals surface area contributed by atoms with Crippen molar-refractivity contribution >= 4 is 21.8 Å². The molecule has 1 atom stereocenters. The van der Waals surface area contributed by atoms with E-state index in [0.717, 1.165) is 26.2 Å². The van der Waals surface area contributed by atoms with Crippen LogP contribution in [0.25, 0.3) is 21.8 Å². The van der Waals surface area contributed by atoms with Crippen LogP contribution in [-0.4, -0.2) is 35.4 Å². The lowest BCUT2D eigenvalue weighted by Gasteiger charge is -2.08. The van der Waals surface area contributed by atoms with Crippen LogP contribution in [0.5, 0.6) is 0 Å². The maximum atomic E-state index is 9.21. The molecular formula is C20H27N3O. The van der Waals surface area contributed by atoms with Crippen molar-refractivity contribution in [2.24, 2.45) is 0 Å². The lowest BCUT2D eigenvalue weighted by Crippen LogP contribution is -2.31. The Balaban J connectivity index is 1.71. The van der Waals surface area contributed by atoms with Crippen LogP contribution in [0.1, 0.15) is 19.4 Å². The van der Waals surface area contributed by atoms with Gasteiger partial charge in [-0.25, -0.2) is 0 Å². The fourth-order valence-corrected chi connectivity index (χ4v) is 3.27. The molecule has 0 fully saturated rings. The van der Waals surface area contributed by atoms with Gasteiger partial charge in [-0.1, -0.05) is 24.3 Å². The molecule has 128 valence electrons. The highest BCUT2D eigenvalue weighted by Crippen LogP contribution is 2.29. The number of para-hydroxylation sites is 1. The van der Waals surface area contributed by atoms with E-state index in [4.69, 9.17) is 0 Å². The number of fused-ring (bicyclic) bond motifs is 3. The van der Waals surface area contributed by atoms with Crippen LogP contribution < -0.4 is 10.6 Å². The number of nitrogens with one attached hydrogen (secondary N) is 2. The van der Waals surface area contributed by atoms with Gasteiger partial charge in [0.05, 0.1) is 6.10 Å². The van der Waals surface area contributed by atoms with Gasteiger partial charge >= 0.3 is 0 Å². The number of rotatable bonds is 8. The van der Waals surface area contributed by atoms with E-state index in [2.05, 4.69) is 64.6 Å². The Labute approximate surface area is 143 Å². The van der Waals surface area contributed by atoms with Gasteiger partial charge in [-0.2, -0.15) is 0 Å². The second-order valence-electron chi connectivity index (χ2n) is 6.34. The monoisotopic (exact) mass is 325 g/mol. The molecular weight excluding hydrogens is 298 g/mol. The smallest absolute Gasteiger partial charge is 0.0636 e. The summed E-state index contributed by atoms with van der Waals surface area (Å²) in [6.07, 6.45) is -0.289. The van der Waals surface area contributed by atoms with Crippen LogP contribution in [0.15, 0.2) is 42.5 Å². The Morgan fingerprint density at radius 2 is 1.75 bits per heavy atom. The number of aryl methyl sites for hydroxylation is 1. The number of hydrogen-bond donors (Lipinski definition) is 3. The average molecular weight is 325 g/mol. The van der Waals surface area contributed by atoms with Gasteiger partial charge < -0.3 is 20.3 Å².